The third-order valence-corrected chi connectivity index (χ3v) is 8.50. The number of fused-ring (bicyclic) bond motifs is 1. The lowest BCUT2D eigenvalue weighted by Crippen LogP contribution is -2.57. The summed E-state index contributed by atoms with van der Waals surface area (Å²) >= 11 is 6.11. The number of carbonyl (C=O) groups is 2. The topological polar surface area (TPSA) is 86.6 Å². The van der Waals surface area contributed by atoms with E-state index in [1.807, 2.05) is 9.80 Å². The van der Waals surface area contributed by atoms with Gasteiger partial charge in [0, 0.05) is 62.5 Å². The van der Waals surface area contributed by atoms with Gasteiger partial charge in [-0.2, -0.15) is 5.10 Å². The van der Waals surface area contributed by atoms with E-state index in [1.165, 1.54) is 30.1 Å². The molecule has 3 aliphatic heterocycles. The summed E-state index contributed by atoms with van der Waals surface area (Å²) in [4.78, 5) is 35.1. The lowest BCUT2D eigenvalue weighted by Gasteiger charge is -2.42. The summed E-state index contributed by atoms with van der Waals surface area (Å²) in [5.41, 5.74) is -1.61. The summed E-state index contributed by atoms with van der Waals surface area (Å²) in [5.74, 6) is -3.26. The number of amides is 2. The molecule has 1 N–H and O–H groups in total. The first-order valence-corrected chi connectivity index (χ1v) is 13.9. The number of halogens is 4. The highest BCUT2D eigenvalue weighted by Crippen LogP contribution is 2.45. The number of anilines is 2. The molecule has 0 spiro atoms. The van der Waals surface area contributed by atoms with E-state index in [9.17, 15) is 14.0 Å². The SMILES string of the molecule is Cn1cc(F)c(N2C[C@](C)(c3cccc(Cl)c3F)c3c(cnc(NC4CN(CC(=O)N5CCCC5)C4)c3F)C2=O)n1. The molecule has 5 heterocycles. The van der Waals surface area contributed by atoms with Gasteiger partial charge in [0.25, 0.3) is 5.91 Å². The average molecular weight is 588 g/mol. The molecule has 41 heavy (non-hydrogen) atoms. The Morgan fingerprint density at radius 3 is 2.59 bits per heavy atom. The Morgan fingerprint density at radius 1 is 1.17 bits per heavy atom. The highest BCUT2D eigenvalue weighted by atomic mass is 35.5. The van der Waals surface area contributed by atoms with Crippen molar-refractivity contribution in [1.29, 1.82) is 0 Å². The van der Waals surface area contributed by atoms with Crippen LogP contribution in [0.15, 0.2) is 30.6 Å². The molecule has 2 aromatic heterocycles. The van der Waals surface area contributed by atoms with E-state index in [0.29, 0.717) is 19.6 Å². The largest absolute Gasteiger partial charge is 0.362 e. The summed E-state index contributed by atoms with van der Waals surface area (Å²) in [6.07, 6.45) is 4.38. The molecule has 0 aliphatic carbocycles. The van der Waals surface area contributed by atoms with Crippen LogP contribution in [0.25, 0.3) is 0 Å². The molecule has 1 atom stereocenters. The molecule has 2 fully saturated rings. The zero-order valence-electron chi connectivity index (χ0n) is 22.6. The van der Waals surface area contributed by atoms with E-state index in [1.54, 1.807) is 13.0 Å². The second-order valence-electron chi connectivity index (χ2n) is 11.1. The monoisotopic (exact) mass is 587 g/mol. The van der Waals surface area contributed by atoms with Crippen LogP contribution in [0.1, 0.15) is 41.3 Å². The first-order chi connectivity index (χ1) is 19.6. The molecule has 6 rings (SSSR count). The van der Waals surface area contributed by atoms with E-state index in [-0.39, 0.29) is 51.8 Å². The van der Waals surface area contributed by atoms with Gasteiger partial charge in [0.2, 0.25) is 5.91 Å². The predicted molar refractivity (Wildman–Crippen MR) is 147 cm³/mol. The number of hydrogen-bond acceptors (Lipinski definition) is 6. The third-order valence-electron chi connectivity index (χ3n) is 8.20. The molecule has 1 aromatic carbocycles. The van der Waals surface area contributed by atoms with Crippen LogP contribution in [0.4, 0.5) is 24.8 Å². The Kier molecular flexibility index (Phi) is 6.93. The average Bonchev–Trinajstić information content (AvgIpc) is 3.57. The highest BCUT2D eigenvalue weighted by Gasteiger charge is 2.47. The van der Waals surface area contributed by atoms with Crippen molar-refractivity contribution >= 4 is 35.1 Å². The maximum absolute atomic E-state index is 16.4. The molecular formula is C28H29ClF3N7O2. The first-order valence-electron chi connectivity index (χ1n) is 13.5. The summed E-state index contributed by atoms with van der Waals surface area (Å²) in [7, 11) is 1.51. The number of likely N-dealkylation sites (tertiary alicyclic amines) is 2. The second kappa shape index (κ2) is 10.3. The number of nitrogens with zero attached hydrogens (tertiary/aromatic N) is 6. The Bertz CT molecular complexity index is 1540. The number of aryl methyl sites for hydroxylation is 1. The number of hydrogen-bond donors (Lipinski definition) is 1. The van der Waals surface area contributed by atoms with Crippen LogP contribution < -0.4 is 10.2 Å². The number of rotatable bonds is 6. The standard InChI is InChI=1S/C28H29ClF3N7O2/c1-28(18-6-5-7-19(29)23(18)31)15-39(26-20(30)13-36(2)35-26)27(41)17-10-33-25(24(32)22(17)28)34-16-11-37(12-16)14-21(40)38-8-3-4-9-38/h5-7,10,13,16H,3-4,8-9,11-12,14-15H2,1-2H3,(H,33,34)/t28-/m1/s1. The van der Waals surface area contributed by atoms with Gasteiger partial charge in [-0.3, -0.25) is 24.1 Å². The maximum Gasteiger partial charge on any atom is 0.261 e. The van der Waals surface area contributed by atoms with Crippen LogP contribution >= 0.6 is 11.6 Å². The number of pyridine rings is 1. The van der Waals surface area contributed by atoms with Gasteiger partial charge in [0.1, 0.15) is 5.82 Å². The fourth-order valence-electron chi connectivity index (χ4n) is 6.09. The molecule has 0 bridgehead atoms. The molecule has 0 unspecified atom stereocenters. The molecule has 0 saturated carbocycles. The summed E-state index contributed by atoms with van der Waals surface area (Å²) in [6, 6.07) is 4.22. The fourth-order valence-corrected chi connectivity index (χ4v) is 6.27. The van der Waals surface area contributed by atoms with E-state index in [4.69, 9.17) is 11.6 Å². The van der Waals surface area contributed by atoms with Crippen LogP contribution in [0.5, 0.6) is 0 Å². The van der Waals surface area contributed by atoms with Crippen molar-refractivity contribution in [3.63, 3.8) is 0 Å². The lowest BCUT2D eigenvalue weighted by atomic mass is 9.71. The minimum absolute atomic E-state index is 0.0476. The van der Waals surface area contributed by atoms with Crippen LogP contribution in [-0.2, 0) is 17.3 Å². The Morgan fingerprint density at radius 2 is 1.90 bits per heavy atom. The van der Waals surface area contributed by atoms with Crippen LogP contribution in [0, 0.1) is 17.5 Å². The van der Waals surface area contributed by atoms with E-state index >= 15 is 8.78 Å². The van der Waals surface area contributed by atoms with Gasteiger partial charge in [-0.1, -0.05) is 23.7 Å². The Balaban J connectivity index is 1.32. The quantitative estimate of drug-likeness (QED) is 0.475. The number of carbonyl (C=O) groups excluding carboxylic acids is 2. The van der Waals surface area contributed by atoms with Crippen molar-refractivity contribution in [1.82, 2.24) is 24.6 Å². The zero-order valence-corrected chi connectivity index (χ0v) is 23.4. The van der Waals surface area contributed by atoms with Crippen molar-refractivity contribution in [2.24, 2.45) is 7.05 Å². The third kappa shape index (κ3) is 4.72. The van der Waals surface area contributed by atoms with Gasteiger partial charge < -0.3 is 10.2 Å². The van der Waals surface area contributed by atoms with E-state index in [0.717, 1.165) is 37.0 Å². The number of aromatic nitrogens is 3. The first kappa shape index (κ1) is 27.5. The molecule has 9 nitrogen and oxygen atoms in total. The predicted octanol–water partition coefficient (Wildman–Crippen LogP) is 3.57. The second-order valence-corrected chi connectivity index (χ2v) is 11.5. The van der Waals surface area contributed by atoms with Gasteiger partial charge in [0.15, 0.2) is 23.3 Å². The molecular weight excluding hydrogens is 559 g/mol. The molecule has 216 valence electrons. The van der Waals surface area contributed by atoms with Crippen molar-refractivity contribution < 1.29 is 22.8 Å². The summed E-state index contributed by atoms with van der Waals surface area (Å²) in [5, 5.41) is 6.99. The molecule has 3 aromatic rings. The minimum Gasteiger partial charge on any atom is -0.362 e. The smallest absolute Gasteiger partial charge is 0.261 e. The van der Waals surface area contributed by atoms with Gasteiger partial charge in [0.05, 0.1) is 29.4 Å². The van der Waals surface area contributed by atoms with Crippen molar-refractivity contribution in [3.05, 3.63) is 69.8 Å². The van der Waals surface area contributed by atoms with Gasteiger partial charge in [-0.15, -0.1) is 0 Å². The highest BCUT2D eigenvalue weighted by molar-refractivity contribution is 6.30. The molecule has 2 saturated heterocycles. The van der Waals surface area contributed by atoms with Crippen molar-refractivity contribution in [3.8, 4) is 0 Å². The van der Waals surface area contributed by atoms with Gasteiger partial charge in [-0.25, -0.2) is 18.2 Å². The molecule has 13 heteroatoms. The molecule has 0 radical (unpaired) electrons. The van der Waals surface area contributed by atoms with Crippen molar-refractivity contribution in [2.75, 3.05) is 49.5 Å². The minimum atomic E-state index is -1.47. The number of benzene rings is 1. The van der Waals surface area contributed by atoms with E-state index in [2.05, 4.69) is 15.4 Å². The van der Waals surface area contributed by atoms with E-state index < -0.39 is 28.8 Å². The van der Waals surface area contributed by atoms with Crippen molar-refractivity contribution in [2.45, 2.75) is 31.2 Å². The fraction of sp³-hybridized carbons (Fsp3) is 0.429. The van der Waals surface area contributed by atoms with Crippen LogP contribution in [0.3, 0.4) is 0 Å². The van der Waals surface area contributed by atoms with Gasteiger partial charge in [-0.05, 0) is 25.8 Å². The Hall–Kier alpha value is -3.64. The van der Waals surface area contributed by atoms with Gasteiger partial charge >= 0.3 is 0 Å². The normalized spacial score (nSPS) is 21.3. The van der Waals surface area contributed by atoms with Crippen LogP contribution in [0.2, 0.25) is 5.02 Å². The summed E-state index contributed by atoms with van der Waals surface area (Å²) in [6.45, 7) is 4.20. The maximum atomic E-state index is 16.4. The Labute approximate surface area is 239 Å². The molecule has 2 amide bonds. The summed E-state index contributed by atoms with van der Waals surface area (Å²) < 4.78 is 47.8. The van der Waals surface area contributed by atoms with Crippen LogP contribution in [-0.4, -0.2) is 81.7 Å². The zero-order chi connectivity index (χ0) is 29.1. The number of nitrogens with one attached hydrogen (secondary N) is 1. The lowest BCUT2D eigenvalue weighted by molar-refractivity contribution is -0.132. The molecule has 3 aliphatic rings.